The maximum Gasteiger partial charge on any atom is 0.257 e. The van der Waals surface area contributed by atoms with E-state index in [0.29, 0.717) is 11.3 Å². The van der Waals surface area contributed by atoms with Crippen molar-refractivity contribution in [2.45, 2.75) is 6.42 Å². The van der Waals surface area contributed by atoms with Crippen LogP contribution in [0.1, 0.15) is 21.5 Å². The van der Waals surface area contributed by atoms with Crippen molar-refractivity contribution >= 4 is 28.7 Å². The molecular formula is C24H22N4O2. The van der Waals surface area contributed by atoms with Crippen molar-refractivity contribution in [1.29, 1.82) is 0 Å². The van der Waals surface area contributed by atoms with Crippen molar-refractivity contribution in [3.63, 3.8) is 0 Å². The van der Waals surface area contributed by atoms with Crippen LogP contribution in [-0.4, -0.2) is 42.9 Å². The summed E-state index contributed by atoms with van der Waals surface area (Å²) in [5.41, 5.74) is 6.40. The quantitative estimate of drug-likeness (QED) is 0.725. The minimum atomic E-state index is -0.162. The zero-order chi connectivity index (χ0) is 20.3. The number of ether oxygens (including phenoxy) is 1. The topological polar surface area (TPSA) is 66.8 Å². The van der Waals surface area contributed by atoms with Crippen LogP contribution in [0, 0.1) is 0 Å². The van der Waals surface area contributed by atoms with E-state index in [0.717, 1.165) is 55.3 Å². The number of carbonyl (C=O) groups is 1. The lowest BCUT2D eigenvalue weighted by molar-refractivity contribution is 0.102. The highest BCUT2D eigenvalue weighted by molar-refractivity contribution is 6.13. The molecule has 2 aliphatic rings. The molecule has 0 unspecified atom stereocenters. The largest absolute Gasteiger partial charge is 0.378 e. The van der Waals surface area contributed by atoms with Gasteiger partial charge in [0.1, 0.15) is 0 Å². The molecule has 0 bridgehead atoms. The molecule has 1 saturated heterocycles. The maximum atomic E-state index is 12.9. The highest BCUT2D eigenvalue weighted by Gasteiger charge is 2.22. The summed E-state index contributed by atoms with van der Waals surface area (Å²) in [4.78, 5) is 24.0. The molecule has 150 valence electrons. The third-order valence-corrected chi connectivity index (χ3v) is 5.46. The van der Waals surface area contributed by atoms with Gasteiger partial charge in [-0.15, -0.1) is 0 Å². The third-order valence-electron chi connectivity index (χ3n) is 5.46. The zero-order valence-electron chi connectivity index (χ0n) is 16.5. The van der Waals surface area contributed by atoms with Gasteiger partial charge in [-0.3, -0.25) is 14.8 Å². The number of rotatable bonds is 4. The van der Waals surface area contributed by atoms with Crippen LogP contribution in [0.5, 0.6) is 0 Å². The minimum Gasteiger partial charge on any atom is -0.378 e. The third kappa shape index (κ3) is 3.69. The molecule has 1 N–H and O–H groups in total. The van der Waals surface area contributed by atoms with Crippen molar-refractivity contribution in [3.8, 4) is 0 Å². The van der Waals surface area contributed by atoms with Crippen molar-refractivity contribution in [1.82, 2.24) is 4.98 Å². The van der Waals surface area contributed by atoms with E-state index in [1.807, 2.05) is 18.2 Å². The Morgan fingerprint density at radius 3 is 2.63 bits per heavy atom. The molecule has 0 radical (unpaired) electrons. The van der Waals surface area contributed by atoms with Gasteiger partial charge in [-0.2, -0.15) is 0 Å². The number of aromatic nitrogens is 1. The Morgan fingerprint density at radius 2 is 1.80 bits per heavy atom. The SMILES string of the molecule is O=C(Nc1ccncc1)c1cccc2c1N=C(c1cccc(N3CCOCC3)c1)C2. The first-order valence-electron chi connectivity index (χ1n) is 10.1. The molecule has 0 spiro atoms. The van der Waals surface area contributed by atoms with Crippen molar-refractivity contribution in [3.05, 3.63) is 83.7 Å². The minimum absolute atomic E-state index is 0.162. The lowest BCUT2D eigenvalue weighted by Gasteiger charge is -2.29. The van der Waals surface area contributed by atoms with E-state index in [1.165, 1.54) is 5.69 Å². The number of nitrogens with zero attached hydrogens (tertiary/aromatic N) is 3. The standard InChI is InChI=1S/C24H22N4O2/c29-24(26-19-7-9-25-10-8-19)21-6-2-4-18-16-22(27-23(18)21)17-3-1-5-20(15-17)28-11-13-30-14-12-28/h1-10,15H,11-14,16H2,(H,25,26,29). The van der Waals surface area contributed by atoms with Crippen LogP contribution in [0.25, 0.3) is 0 Å². The van der Waals surface area contributed by atoms with Gasteiger partial charge in [0.15, 0.2) is 0 Å². The van der Waals surface area contributed by atoms with Crippen LogP contribution in [0.3, 0.4) is 0 Å². The molecule has 6 nitrogen and oxygen atoms in total. The molecule has 0 aliphatic carbocycles. The van der Waals surface area contributed by atoms with E-state index in [1.54, 1.807) is 24.5 Å². The normalized spacial score (nSPS) is 15.5. The predicted molar refractivity (Wildman–Crippen MR) is 118 cm³/mol. The van der Waals surface area contributed by atoms with Gasteiger partial charge >= 0.3 is 0 Å². The Hall–Kier alpha value is -3.51. The molecule has 1 aromatic heterocycles. The Balaban J connectivity index is 1.42. The van der Waals surface area contributed by atoms with E-state index in [2.05, 4.69) is 39.5 Å². The van der Waals surface area contributed by atoms with E-state index in [-0.39, 0.29) is 5.91 Å². The van der Waals surface area contributed by atoms with Crippen LogP contribution in [0.15, 0.2) is 72.0 Å². The second-order valence-corrected chi connectivity index (χ2v) is 7.39. The molecule has 1 fully saturated rings. The molecule has 30 heavy (non-hydrogen) atoms. The van der Waals surface area contributed by atoms with Gasteiger partial charge in [0.25, 0.3) is 5.91 Å². The Morgan fingerprint density at radius 1 is 1.00 bits per heavy atom. The Kier molecular flexibility index (Phi) is 4.99. The average molecular weight is 398 g/mol. The van der Waals surface area contributed by atoms with Crippen molar-refractivity contribution < 1.29 is 9.53 Å². The summed E-state index contributed by atoms with van der Waals surface area (Å²) >= 11 is 0. The highest BCUT2D eigenvalue weighted by Crippen LogP contribution is 2.33. The fourth-order valence-corrected chi connectivity index (χ4v) is 3.91. The second-order valence-electron chi connectivity index (χ2n) is 7.39. The van der Waals surface area contributed by atoms with Crippen LogP contribution in [0.2, 0.25) is 0 Å². The highest BCUT2D eigenvalue weighted by atomic mass is 16.5. The number of hydrogen-bond acceptors (Lipinski definition) is 5. The van der Waals surface area contributed by atoms with Crippen LogP contribution < -0.4 is 10.2 Å². The molecule has 5 rings (SSSR count). The van der Waals surface area contributed by atoms with E-state index in [9.17, 15) is 4.79 Å². The summed E-state index contributed by atoms with van der Waals surface area (Å²) in [7, 11) is 0. The van der Waals surface area contributed by atoms with Gasteiger partial charge < -0.3 is 15.0 Å². The summed E-state index contributed by atoms with van der Waals surface area (Å²) in [6, 6.07) is 17.8. The predicted octanol–water partition coefficient (Wildman–Crippen LogP) is 3.85. The molecule has 6 heteroatoms. The lowest BCUT2D eigenvalue weighted by Crippen LogP contribution is -2.36. The number of morpholine rings is 1. The number of nitrogens with one attached hydrogen (secondary N) is 1. The van der Waals surface area contributed by atoms with Gasteiger partial charge in [0.05, 0.1) is 30.2 Å². The van der Waals surface area contributed by atoms with Gasteiger partial charge in [0, 0.05) is 43.3 Å². The van der Waals surface area contributed by atoms with E-state index in [4.69, 9.17) is 9.73 Å². The summed E-state index contributed by atoms with van der Waals surface area (Å²) < 4.78 is 5.46. The number of amides is 1. The number of hydrogen-bond donors (Lipinski definition) is 1. The maximum absolute atomic E-state index is 12.9. The smallest absolute Gasteiger partial charge is 0.257 e. The monoisotopic (exact) mass is 398 g/mol. The van der Waals surface area contributed by atoms with E-state index >= 15 is 0 Å². The second kappa shape index (κ2) is 8.08. The average Bonchev–Trinajstić information content (AvgIpc) is 3.25. The summed E-state index contributed by atoms with van der Waals surface area (Å²) in [6.45, 7) is 3.31. The Labute approximate surface area is 175 Å². The summed E-state index contributed by atoms with van der Waals surface area (Å²) in [5, 5.41) is 2.93. The molecule has 2 aliphatic heterocycles. The number of para-hydroxylation sites is 1. The number of aliphatic imine (C=N–C) groups is 1. The zero-order valence-corrected chi connectivity index (χ0v) is 16.5. The van der Waals surface area contributed by atoms with Crippen LogP contribution in [0.4, 0.5) is 17.1 Å². The van der Waals surface area contributed by atoms with Crippen LogP contribution in [-0.2, 0) is 11.2 Å². The molecule has 0 saturated carbocycles. The molecule has 3 aromatic rings. The molecule has 1 amide bonds. The summed E-state index contributed by atoms with van der Waals surface area (Å²) in [5.74, 6) is -0.162. The molecular weight excluding hydrogens is 376 g/mol. The summed E-state index contributed by atoms with van der Waals surface area (Å²) in [6.07, 6.45) is 4.03. The molecule has 2 aromatic carbocycles. The number of carbonyl (C=O) groups excluding carboxylic acids is 1. The first-order chi connectivity index (χ1) is 14.8. The van der Waals surface area contributed by atoms with Gasteiger partial charge in [-0.1, -0.05) is 24.3 Å². The van der Waals surface area contributed by atoms with Gasteiger partial charge in [-0.05, 0) is 41.5 Å². The van der Waals surface area contributed by atoms with Gasteiger partial charge in [-0.25, -0.2) is 0 Å². The Bertz CT molecular complexity index is 1110. The molecule has 3 heterocycles. The first kappa shape index (κ1) is 18.5. The van der Waals surface area contributed by atoms with E-state index < -0.39 is 0 Å². The number of anilines is 2. The molecule has 0 atom stereocenters. The van der Waals surface area contributed by atoms with Crippen LogP contribution >= 0.6 is 0 Å². The lowest BCUT2D eigenvalue weighted by atomic mass is 10.0. The number of benzene rings is 2. The fraction of sp³-hybridized carbons (Fsp3) is 0.208. The van der Waals surface area contributed by atoms with Gasteiger partial charge in [0.2, 0.25) is 0 Å². The van der Waals surface area contributed by atoms with Crippen molar-refractivity contribution in [2.75, 3.05) is 36.5 Å². The first-order valence-corrected chi connectivity index (χ1v) is 10.1. The number of fused-ring (bicyclic) bond motifs is 1. The number of pyridine rings is 1. The van der Waals surface area contributed by atoms with Crippen molar-refractivity contribution in [2.24, 2.45) is 4.99 Å². The fourth-order valence-electron chi connectivity index (χ4n) is 3.91.